The molecule has 0 saturated carbocycles. The normalized spacial score (nSPS) is 19.3. The maximum Gasteiger partial charge on any atom is 0.435 e. The number of amides is 2. The van der Waals surface area contributed by atoms with Crippen LogP contribution in [0.3, 0.4) is 0 Å². The Morgan fingerprint density at radius 2 is 2.32 bits per heavy atom. The number of alkyl halides is 3. The minimum atomic E-state index is -4.52. The number of nitrogens with zero attached hydrogens (tertiary/aromatic N) is 2. The molecule has 0 spiro atoms. The van der Waals surface area contributed by atoms with E-state index in [1.165, 1.54) is 0 Å². The van der Waals surface area contributed by atoms with Crippen molar-refractivity contribution in [3.63, 3.8) is 0 Å². The van der Waals surface area contributed by atoms with Gasteiger partial charge in [-0.05, 0) is 6.07 Å². The van der Waals surface area contributed by atoms with Crippen LogP contribution >= 0.6 is 0 Å². The van der Waals surface area contributed by atoms with E-state index >= 15 is 0 Å². The molecule has 0 bridgehead atoms. The summed E-state index contributed by atoms with van der Waals surface area (Å²) in [4.78, 5) is 22.4. The Bertz CT molecular complexity index is 497. The lowest BCUT2D eigenvalue weighted by atomic mass is 10.2. The minimum Gasteiger partial charge on any atom is -0.354 e. The van der Waals surface area contributed by atoms with Crippen molar-refractivity contribution in [3.8, 4) is 0 Å². The summed E-state index contributed by atoms with van der Waals surface area (Å²) in [6.07, 6.45) is -3.26. The maximum absolute atomic E-state index is 12.3. The molecule has 6 nitrogen and oxygen atoms in total. The number of hydrogen-bond donors (Lipinski definition) is 2. The van der Waals surface area contributed by atoms with E-state index in [9.17, 15) is 22.8 Å². The van der Waals surface area contributed by atoms with Crippen molar-refractivity contribution in [2.24, 2.45) is 0 Å². The molecule has 0 aromatic carbocycles. The Hall–Kier alpha value is -2.06. The van der Waals surface area contributed by atoms with Crippen molar-refractivity contribution in [3.05, 3.63) is 18.0 Å². The molecule has 104 valence electrons. The number of carbonyl (C=O) groups excluding carboxylic acids is 2. The number of carbonyl (C=O) groups is 2. The van der Waals surface area contributed by atoms with Crippen LogP contribution in [0.15, 0.2) is 12.3 Å². The Balaban J connectivity index is 1.88. The van der Waals surface area contributed by atoms with E-state index in [0.29, 0.717) is 6.54 Å². The Morgan fingerprint density at radius 3 is 2.84 bits per heavy atom. The van der Waals surface area contributed by atoms with Gasteiger partial charge >= 0.3 is 6.18 Å². The van der Waals surface area contributed by atoms with Gasteiger partial charge in [-0.2, -0.15) is 18.3 Å². The number of nitrogens with one attached hydrogen (secondary N) is 2. The van der Waals surface area contributed by atoms with Crippen LogP contribution in [0.5, 0.6) is 0 Å². The van der Waals surface area contributed by atoms with Crippen molar-refractivity contribution in [2.75, 3.05) is 6.54 Å². The van der Waals surface area contributed by atoms with E-state index in [4.69, 9.17) is 0 Å². The van der Waals surface area contributed by atoms with Crippen LogP contribution in [0.25, 0.3) is 0 Å². The van der Waals surface area contributed by atoms with Gasteiger partial charge in [0.25, 0.3) is 0 Å². The summed E-state index contributed by atoms with van der Waals surface area (Å²) in [6.45, 7) is 0.0122. The summed E-state index contributed by atoms with van der Waals surface area (Å²) >= 11 is 0. The smallest absolute Gasteiger partial charge is 0.354 e. The molecule has 2 heterocycles. The highest BCUT2D eigenvalue weighted by molar-refractivity contribution is 5.81. The lowest BCUT2D eigenvalue weighted by Crippen LogP contribution is -2.38. The zero-order chi connectivity index (χ0) is 14.0. The molecule has 1 unspecified atom stereocenters. The number of hydrogen-bond acceptors (Lipinski definition) is 3. The minimum absolute atomic E-state index is 0.163. The quantitative estimate of drug-likeness (QED) is 0.810. The van der Waals surface area contributed by atoms with E-state index in [1.54, 1.807) is 0 Å². The van der Waals surface area contributed by atoms with Gasteiger partial charge in [0.15, 0.2) is 5.69 Å². The molecule has 1 saturated heterocycles. The molecule has 2 rings (SSSR count). The molecule has 1 aromatic heterocycles. The fourth-order valence-corrected chi connectivity index (χ4v) is 1.73. The largest absolute Gasteiger partial charge is 0.435 e. The van der Waals surface area contributed by atoms with Gasteiger partial charge in [0.1, 0.15) is 6.54 Å². The lowest BCUT2D eigenvalue weighted by Gasteiger charge is -2.10. The van der Waals surface area contributed by atoms with Crippen LogP contribution in [0.4, 0.5) is 13.2 Å². The topological polar surface area (TPSA) is 76.0 Å². The molecule has 1 fully saturated rings. The fraction of sp³-hybridized carbons (Fsp3) is 0.500. The average Bonchev–Trinajstić information content (AvgIpc) is 2.87. The molecule has 9 heteroatoms. The third kappa shape index (κ3) is 3.46. The highest BCUT2D eigenvalue weighted by atomic mass is 19.4. The van der Waals surface area contributed by atoms with Crippen molar-refractivity contribution >= 4 is 11.8 Å². The number of aromatic nitrogens is 2. The van der Waals surface area contributed by atoms with Crippen LogP contribution in [0.2, 0.25) is 0 Å². The second-order valence-corrected chi connectivity index (χ2v) is 4.17. The Morgan fingerprint density at radius 1 is 1.58 bits per heavy atom. The first kappa shape index (κ1) is 13.4. The first-order chi connectivity index (χ1) is 8.84. The summed E-state index contributed by atoms with van der Waals surface area (Å²) in [6, 6.07) is 0.478. The van der Waals surface area contributed by atoms with Crippen molar-refractivity contribution in [2.45, 2.75) is 25.2 Å². The van der Waals surface area contributed by atoms with E-state index in [1.807, 2.05) is 0 Å². The van der Waals surface area contributed by atoms with Crippen LogP contribution in [-0.2, 0) is 22.3 Å². The van der Waals surface area contributed by atoms with E-state index in [2.05, 4.69) is 15.7 Å². The molecule has 1 aromatic rings. The van der Waals surface area contributed by atoms with Gasteiger partial charge in [0.05, 0.1) is 6.04 Å². The maximum atomic E-state index is 12.3. The van der Waals surface area contributed by atoms with Gasteiger partial charge in [0, 0.05) is 19.2 Å². The van der Waals surface area contributed by atoms with Gasteiger partial charge in [0.2, 0.25) is 11.8 Å². The van der Waals surface area contributed by atoms with E-state index in [0.717, 1.165) is 16.9 Å². The molecule has 0 radical (unpaired) electrons. The molecule has 2 N–H and O–H groups in total. The molecule has 2 amide bonds. The van der Waals surface area contributed by atoms with E-state index < -0.39 is 17.8 Å². The standard InChI is InChI=1S/C10H11F3N4O2/c11-10(12,13)7-1-2-17(16-7)5-9(19)15-6-3-8(18)14-4-6/h1-2,6H,3-5H2,(H,14,18)(H,15,19). The predicted octanol–water partition coefficient (Wildman–Crippen LogP) is -0.0934. The molecular weight excluding hydrogens is 265 g/mol. The monoisotopic (exact) mass is 276 g/mol. The van der Waals surface area contributed by atoms with Crippen molar-refractivity contribution in [1.82, 2.24) is 20.4 Å². The van der Waals surface area contributed by atoms with Gasteiger partial charge in [-0.1, -0.05) is 0 Å². The van der Waals surface area contributed by atoms with E-state index in [-0.39, 0.29) is 24.9 Å². The van der Waals surface area contributed by atoms with Crippen LogP contribution in [-0.4, -0.2) is 34.2 Å². The second kappa shape index (κ2) is 4.90. The zero-order valence-electron chi connectivity index (χ0n) is 9.70. The molecule has 1 aliphatic heterocycles. The van der Waals surface area contributed by atoms with Crippen LogP contribution in [0, 0.1) is 0 Å². The molecular formula is C10H11F3N4O2. The summed E-state index contributed by atoms with van der Waals surface area (Å²) < 4.78 is 37.8. The van der Waals surface area contributed by atoms with Crippen molar-refractivity contribution < 1.29 is 22.8 Å². The van der Waals surface area contributed by atoms with Crippen molar-refractivity contribution in [1.29, 1.82) is 0 Å². The summed E-state index contributed by atoms with van der Waals surface area (Å²) in [5, 5.41) is 8.34. The van der Waals surface area contributed by atoms with Gasteiger partial charge in [-0.3, -0.25) is 14.3 Å². The van der Waals surface area contributed by atoms with Crippen LogP contribution < -0.4 is 10.6 Å². The van der Waals surface area contributed by atoms with Gasteiger partial charge in [-0.15, -0.1) is 0 Å². The number of halogens is 3. The molecule has 19 heavy (non-hydrogen) atoms. The zero-order valence-corrected chi connectivity index (χ0v) is 9.70. The first-order valence-electron chi connectivity index (χ1n) is 5.51. The highest BCUT2D eigenvalue weighted by Gasteiger charge is 2.33. The second-order valence-electron chi connectivity index (χ2n) is 4.17. The summed E-state index contributed by atoms with van der Waals surface area (Å²) in [7, 11) is 0. The van der Waals surface area contributed by atoms with Gasteiger partial charge in [-0.25, -0.2) is 0 Å². The Labute approximate surface area is 106 Å². The SMILES string of the molecule is O=C1CC(NC(=O)Cn2ccc(C(F)(F)F)n2)CN1. The third-order valence-electron chi connectivity index (χ3n) is 2.58. The van der Waals surface area contributed by atoms with Gasteiger partial charge < -0.3 is 10.6 Å². The third-order valence-corrected chi connectivity index (χ3v) is 2.58. The molecule has 0 aliphatic carbocycles. The molecule has 1 atom stereocenters. The molecule has 1 aliphatic rings. The van der Waals surface area contributed by atoms with Crippen LogP contribution in [0.1, 0.15) is 12.1 Å². The average molecular weight is 276 g/mol. The lowest BCUT2D eigenvalue weighted by molar-refractivity contribution is -0.141. The summed E-state index contributed by atoms with van der Waals surface area (Å²) in [5.74, 6) is -0.651. The number of rotatable bonds is 3. The summed E-state index contributed by atoms with van der Waals surface area (Å²) in [5.41, 5.74) is -1.04. The first-order valence-corrected chi connectivity index (χ1v) is 5.51. The highest BCUT2D eigenvalue weighted by Crippen LogP contribution is 2.27. The predicted molar refractivity (Wildman–Crippen MR) is 56.8 cm³/mol. The Kier molecular flexibility index (Phi) is 3.45. The fourth-order valence-electron chi connectivity index (χ4n) is 1.73.